The minimum Gasteiger partial charge on any atom is -0.480 e. The lowest BCUT2D eigenvalue weighted by molar-refractivity contribution is -0.147. The molecule has 0 radical (unpaired) electrons. The van der Waals surface area contributed by atoms with Gasteiger partial charge in [-0.25, -0.2) is 9.18 Å². The quantitative estimate of drug-likeness (QED) is 0.362. The van der Waals surface area contributed by atoms with Gasteiger partial charge in [-0.1, -0.05) is 54.6 Å². The van der Waals surface area contributed by atoms with Crippen molar-refractivity contribution in [3.8, 4) is 0 Å². The van der Waals surface area contributed by atoms with E-state index >= 15 is 0 Å². The zero-order valence-electron chi connectivity index (χ0n) is 25.1. The van der Waals surface area contributed by atoms with E-state index in [4.69, 9.17) is 9.47 Å². The number of fused-ring (bicyclic) bond motifs is 1. The van der Waals surface area contributed by atoms with Crippen LogP contribution in [0.1, 0.15) is 31.9 Å². The second-order valence-corrected chi connectivity index (χ2v) is 11.9. The molecule has 0 saturated carbocycles. The lowest BCUT2D eigenvalue weighted by Gasteiger charge is -2.44. The van der Waals surface area contributed by atoms with Gasteiger partial charge >= 0.3 is 12.1 Å². The largest absolute Gasteiger partial charge is 0.480 e. The number of carbonyl (C=O) groups is 3. The fraction of sp³-hybridized carbons (Fsp3) is 0.424. The number of nitrogens with one attached hydrogen (secondary N) is 1. The molecule has 43 heavy (non-hydrogen) atoms. The summed E-state index contributed by atoms with van der Waals surface area (Å²) in [7, 11) is 1.53. The van der Waals surface area contributed by atoms with Gasteiger partial charge in [0.15, 0.2) is 0 Å². The summed E-state index contributed by atoms with van der Waals surface area (Å²) in [5.41, 5.74) is 0.808. The second-order valence-electron chi connectivity index (χ2n) is 11.9. The third-order valence-corrected chi connectivity index (χ3v) is 7.47. The molecule has 2 amide bonds. The molecular formula is C33H40FN3O6. The Hall–Kier alpha value is -4.02. The number of rotatable bonds is 10. The summed E-state index contributed by atoms with van der Waals surface area (Å²) in [4.78, 5) is 42.7. The van der Waals surface area contributed by atoms with E-state index in [-0.39, 0.29) is 32.0 Å². The smallest absolute Gasteiger partial charge is 0.408 e. The molecule has 0 aromatic heterocycles. The zero-order valence-corrected chi connectivity index (χ0v) is 25.1. The molecule has 1 heterocycles. The van der Waals surface area contributed by atoms with Crippen molar-refractivity contribution >= 4 is 28.7 Å². The third kappa shape index (κ3) is 8.75. The number of alkyl carbamates (subject to hydrolysis) is 1. The lowest BCUT2D eigenvalue weighted by Crippen LogP contribution is -2.63. The van der Waals surface area contributed by atoms with Crippen molar-refractivity contribution in [3.05, 3.63) is 83.7 Å². The molecule has 230 valence electrons. The summed E-state index contributed by atoms with van der Waals surface area (Å²) < 4.78 is 24.4. The van der Waals surface area contributed by atoms with Gasteiger partial charge in [0.25, 0.3) is 0 Å². The van der Waals surface area contributed by atoms with Gasteiger partial charge in [-0.2, -0.15) is 0 Å². The monoisotopic (exact) mass is 593 g/mol. The van der Waals surface area contributed by atoms with Gasteiger partial charge in [0.2, 0.25) is 5.91 Å². The first-order valence-electron chi connectivity index (χ1n) is 14.4. The Kier molecular flexibility index (Phi) is 10.4. The van der Waals surface area contributed by atoms with Crippen molar-refractivity contribution in [1.82, 2.24) is 15.1 Å². The van der Waals surface area contributed by atoms with Crippen molar-refractivity contribution < 1.29 is 33.4 Å². The number of carboxylic acid groups (broad SMARTS) is 1. The average Bonchev–Trinajstić information content (AvgIpc) is 2.95. The number of nitrogens with zero attached hydrogens (tertiary/aromatic N) is 2. The molecule has 3 aromatic rings. The van der Waals surface area contributed by atoms with Crippen LogP contribution in [0, 0.1) is 5.82 Å². The van der Waals surface area contributed by atoms with Crippen LogP contribution in [0.15, 0.2) is 66.7 Å². The van der Waals surface area contributed by atoms with E-state index in [1.807, 2.05) is 47.4 Å². The number of methoxy groups -OCH3 is 1. The SMILES string of the molecule is COC[C@H]1CN([C@@H](Cc2ccc3ccccc3c2)C(=O)O)CCN1C(=O)[C@@H](Cc1ccc(F)cc1)NC(=O)OC(C)(C)C. The first kappa shape index (κ1) is 31.9. The zero-order chi connectivity index (χ0) is 31.1. The third-order valence-electron chi connectivity index (χ3n) is 7.47. The van der Waals surface area contributed by atoms with Crippen LogP contribution < -0.4 is 5.32 Å². The maximum atomic E-state index is 14.0. The van der Waals surface area contributed by atoms with Crippen LogP contribution in [0.3, 0.4) is 0 Å². The first-order valence-corrected chi connectivity index (χ1v) is 14.4. The summed E-state index contributed by atoms with van der Waals surface area (Å²) >= 11 is 0. The minimum absolute atomic E-state index is 0.123. The number of carbonyl (C=O) groups excluding carboxylic acids is 2. The number of aliphatic carboxylic acids is 1. The normalized spacial score (nSPS) is 17.3. The highest BCUT2D eigenvalue weighted by atomic mass is 19.1. The topological polar surface area (TPSA) is 108 Å². The van der Waals surface area contributed by atoms with Crippen molar-refractivity contribution in [2.75, 3.05) is 33.4 Å². The van der Waals surface area contributed by atoms with Gasteiger partial charge in [-0.3, -0.25) is 14.5 Å². The fourth-order valence-corrected chi connectivity index (χ4v) is 5.46. The number of amides is 2. The number of piperazine rings is 1. The molecule has 0 aliphatic carbocycles. The van der Waals surface area contributed by atoms with Gasteiger partial charge in [0.1, 0.15) is 23.5 Å². The Morgan fingerprint density at radius 1 is 0.977 bits per heavy atom. The molecule has 4 rings (SSSR count). The van der Waals surface area contributed by atoms with Gasteiger partial charge in [-0.15, -0.1) is 0 Å². The maximum absolute atomic E-state index is 14.0. The van der Waals surface area contributed by atoms with Crippen LogP contribution in [0.5, 0.6) is 0 Å². The van der Waals surface area contributed by atoms with E-state index < -0.39 is 41.6 Å². The molecule has 0 unspecified atom stereocenters. The summed E-state index contributed by atoms with van der Waals surface area (Å²) in [5.74, 6) is -1.69. The Bertz CT molecular complexity index is 1420. The molecule has 1 saturated heterocycles. The van der Waals surface area contributed by atoms with E-state index in [9.17, 15) is 23.9 Å². The van der Waals surface area contributed by atoms with Crippen LogP contribution in [0.4, 0.5) is 9.18 Å². The fourth-order valence-electron chi connectivity index (χ4n) is 5.46. The van der Waals surface area contributed by atoms with E-state index in [1.54, 1.807) is 37.8 Å². The predicted octanol–water partition coefficient (Wildman–Crippen LogP) is 4.27. The molecule has 0 spiro atoms. The second kappa shape index (κ2) is 14.0. The number of hydrogen-bond donors (Lipinski definition) is 2. The Morgan fingerprint density at radius 3 is 2.30 bits per heavy atom. The van der Waals surface area contributed by atoms with Crippen molar-refractivity contribution in [3.63, 3.8) is 0 Å². The van der Waals surface area contributed by atoms with Crippen molar-refractivity contribution in [1.29, 1.82) is 0 Å². The van der Waals surface area contributed by atoms with Crippen LogP contribution in [0.25, 0.3) is 10.8 Å². The number of halogens is 1. The highest BCUT2D eigenvalue weighted by Gasteiger charge is 2.39. The summed E-state index contributed by atoms with van der Waals surface area (Å²) in [6.07, 6.45) is -0.310. The molecule has 1 aliphatic heterocycles. The molecule has 1 aliphatic rings. The van der Waals surface area contributed by atoms with E-state index in [0.717, 1.165) is 16.3 Å². The Balaban J connectivity index is 1.52. The highest BCUT2D eigenvalue weighted by molar-refractivity contribution is 5.87. The average molecular weight is 594 g/mol. The number of hydrogen-bond acceptors (Lipinski definition) is 6. The van der Waals surface area contributed by atoms with Gasteiger partial charge in [0, 0.05) is 33.2 Å². The Labute approximate surface area is 251 Å². The highest BCUT2D eigenvalue weighted by Crippen LogP contribution is 2.22. The molecule has 9 nitrogen and oxygen atoms in total. The molecule has 10 heteroatoms. The number of ether oxygens (including phenoxy) is 2. The van der Waals surface area contributed by atoms with E-state index in [0.29, 0.717) is 18.5 Å². The van der Waals surface area contributed by atoms with Crippen LogP contribution >= 0.6 is 0 Å². The Morgan fingerprint density at radius 2 is 1.65 bits per heavy atom. The molecule has 1 fully saturated rings. The minimum atomic E-state index is -0.987. The van der Waals surface area contributed by atoms with Gasteiger partial charge < -0.3 is 24.8 Å². The molecule has 3 atom stereocenters. The van der Waals surface area contributed by atoms with Crippen molar-refractivity contribution in [2.24, 2.45) is 0 Å². The number of carboxylic acids is 1. The van der Waals surface area contributed by atoms with E-state index in [2.05, 4.69) is 5.32 Å². The van der Waals surface area contributed by atoms with Crippen LogP contribution in [0.2, 0.25) is 0 Å². The maximum Gasteiger partial charge on any atom is 0.408 e. The van der Waals surface area contributed by atoms with Gasteiger partial charge in [0.05, 0.1) is 12.6 Å². The summed E-state index contributed by atoms with van der Waals surface area (Å²) in [5, 5.41) is 15.0. The van der Waals surface area contributed by atoms with E-state index in [1.165, 1.54) is 19.2 Å². The molecule has 2 N–H and O–H groups in total. The predicted molar refractivity (Wildman–Crippen MR) is 161 cm³/mol. The summed E-state index contributed by atoms with van der Waals surface area (Å²) in [6.45, 7) is 6.21. The van der Waals surface area contributed by atoms with Gasteiger partial charge in [-0.05, 0) is 61.2 Å². The van der Waals surface area contributed by atoms with Crippen LogP contribution in [-0.2, 0) is 31.9 Å². The summed E-state index contributed by atoms with van der Waals surface area (Å²) in [6, 6.07) is 17.4. The molecule has 0 bridgehead atoms. The number of benzene rings is 3. The standard InChI is InChI=1S/C33H40FN3O6/c1-33(2,3)43-32(41)35-28(18-22-10-13-26(34)14-11-22)30(38)37-16-15-36(20-27(37)21-42-4)29(31(39)40)19-23-9-12-24-7-5-6-8-25(24)17-23/h5-14,17,27-29H,15-16,18-21H2,1-4H3,(H,35,41)(H,39,40)/t27-,28-,29+/m1/s1. The van der Waals surface area contributed by atoms with Crippen LogP contribution in [-0.4, -0.2) is 90.0 Å². The van der Waals surface area contributed by atoms with Crippen molar-refractivity contribution in [2.45, 2.75) is 57.3 Å². The first-order chi connectivity index (χ1) is 20.4. The molecule has 3 aromatic carbocycles. The lowest BCUT2D eigenvalue weighted by atomic mass is 9.99. The molecular weight excluding hydrogens is 553 g/mol.